The highest BCUT2D eigenvalue weighted by Gasteiger charge is 2.51. The van der Waals surface area contributed by atoms with Crippen LogP contribution in [-0.2, 0) is 15.5 Å². The summed E-state index contributed by atoms with van der Waals surface area (Å²) in [5.41, 5.74) is -5.44. The molecule has 0 radical (unpaired) electrons. The summed E-state index contributed by atoms with van der Waals surface area (Å²) in [5.74, 6) is 0. The molecule has 2 rings (SSSR count). The molecule has 2 nitrogen and oxygen atoms in total. The van der Waals surface area contributed by atoms with Crippen LogP contribution in [0.15, 0.2) is 18.1 Å². The average molecular weight is 292 g/mol. The van der Waals surface area contributed by atoms with Gasteiger partial charge in [-0.15, -0.1) is 0 Å². The van der Waals surface area contributed by atoms with E-state index in [1.807, 2.05) is 0 Å². The SMILES string of the molecule is [2H]c1c([2H])c(C(F)(F)F)c(C([2H])([2H])[2H])c([2H])c1B1OC(C)(C)C(C)(C)O1. The minimum absolute atomic E-state index is 0.493. The van der Waals surface area contributed by atoms with E-state index in [4.69, 9.17) is 17.5 Å². The van der Waals surface area contributed by atoms with Gasteiger partial charge in [-0.05, 0) is 45.6 Å². The van der Waals surface area contributed by atoms with Crippen LogP contribution in [0.2, 0.25) is 0 Å². The average Bonchev–Trinajstić information content (AvgIpc) is 2.59. The summed E-state index contributed by atoms with van der Waals surface area (Å²) in [6, 6.07) is -3.27. The van der Waals surface area contributed by atoms with Crippen LogP contribution in [-0.4, -0.2) is 18.3 Å². The van der Waals surface area contributed by atoms with Crippen LogP contribution in [0.3, 0.4) is 0 Å². The van der Waals surface area contributed by atoms with E-state index in [-0.39, 0.29) is 0 Å². The Bertz CT molecular complexity index is 730. The molecule has 1 saturated heterocycles. The normalized spacial score (nSPS) is 26.2. The standard InChI is InChI=1S/C14H18BF3O2/c1-9-8-10(6-7-11(9)14(16,17)18)15-19-12(2,3)13(4,5)20-15/h6-8H,1-5H3/i1D3,6D,7D,8D. The summed E-state index contributed by atoms with van der Waals surface area (Å²) < 4.78 is 97.3. The van der Waals surface area contributed by atoms with Gasteiger partial charge in [0.25, 0.3) is 0 Å². The zero-order valence-corrected chi connectivity index (χ0v) is 11.5. The maximum Gasteiger partial charge on any atom is 0.494 e. The molecule has 0 aliphatic carbocycles. The molecule has 1 aromatic rings. The second-order valence-corrected chi connectivity index (χ2v) is 5.62. The van der Waals surface area contributed by atoms with Crippen LogP contribution in [0.4, 0.5) is 13.2 Å². The smallest absolute Gasteiger partial charge is 0.399 e. The minimum atomic E-state index is -5.19. The summed E-state index contributed by atoms with van der Waals surface area (Å²) in [5, 5.41) is 0. The van der Waals surface area contributed by atoms with E-state index in [2.05, 4.69) is 0 Å². The van der Waals surface area contributed by atoms with E-state index >= 15 is 0 Å². The predicted molar refractivity (Wildman–Crippen MR) is 71.9 cm³/mol. The zero-order chi connectivity index (χ0) is 20.5. The van der Waals surface area contributed by atoms with Gasteiger partial charge >= 0.3 is 13.3 Å². The number of benzene rings is 1. The number of alkyl halides is 3. The molecule has 20 heavy (non-hydrogen) atoms. The predicted octanol–water partition coefficient (Wildman–Crippen LogP) is 3.31. The van der Waals surface area contributed by atoms with Gasteiger partial charge in [0, 0.05) is 4.11 Å². The fraction of sp³-hybridized carbons (Fsp3) is 0.571. The van der Waals surface area contributed by atoms with Crippen LogP contribution < -0.4 is 5.46 Å². The Labute approximate surface area is 125 Å². The highest BCUT2D eigenvalue weighted by Crippen LogP contribution is 2.37. The molecular weight excluding hydrogens is 268 g/mol. The first-order valence-corrected chi connectivity index (χ1v) is 5.99. The molecule has 0 unspecified atom stereocenters. The summed E-state index contributed by atoms with van der Waals surface area (Å²) in [4.78, 5) is 0. The lowest BCUT2D eigenvalue weighted by Crippen LogP contribution is -2.41. The van der Waals surface area contributed by atoms with Crippen LogP contribution in [0.1, 0.15) is 47.0 Å². The molecule has 0 atom stereocenters. The molecule has 6 heteroatoms. The molecule has 1 aliphatic heterocycles. The van der Waals surface area contributed by atoms with E-state index < -0.39 is 66.1 Å². The summed E-state index contributed by atoms with van der Waals surface area (Å²) >= 11 is 0. The van der Waals surface area contributed by atoms with Gasteiger partial charge in [0.15, 0.2) is 0 Å². The highest BCUT2D eigenvalue weighted by atomic mass is 19.4. The van der Waals surface area contributed by atoms with E-state index in [1.54, 1.807) is 27.7 Å². The van der Waals surface area contributed by atoms with Crippen molar-refractivity contribution in [2.24, 2.45) is 0 Å². The van der Waals surface area contributed by atoms with Crippen molar-refractivity contribution in [3.05, 3.63) is 29.3 Å². The first-order valence-electron chi connectivity index (χ1n) is 8.99. The Morgan fingerprint density at radius 3 is 2.15 bits per heavy atom. The summed E-state index contributed by atoms with van der Waals surface area (Å²) in [7, 11) is -1.42. The molecule has 0 spiro atoms. The van der Waals surface area contributed by atoms with Gasteiger partial charge in [-0.3, -0.25) is 0 Å². The van der Waals surface area contributed by atoms with Crippen LogP contribution in [0, 0.1) is 6.85 Å². The second-order valence-electron chi connectivity index (χ2n) is 5.62. The van der Waals surface area contributed by atoms with Gasteiger partial charge < -0.3 is 9.31 Å². The Hall–Kier alpha value is -1.01. The Morgan fingerprint density at radius 1 is 1.15 bits per heavy atom. The molecule has 0 bridgehead atoms. The Balaban J connectivity index is 2.81. The van der Waals surface area contributed by atoms with Crippen molar-refractivity contribution in [1.29, 1.82) is 0 Å². The molecule has 1 aliphatic rings. The van der Waals surface area contributed by atoms with Crippen molar-refractivity contribution in [2.45, 2.75) is 51.9 Å². The minimum Gasteiger partial charge on any atom is -0.399 e. The van der Waals surface area contributed by atoms with Gasteiger partial charge in [0.2, 0.25) is 0 Å². The largest absolute Gasteiger partial charge is 0.494 e. The van der Waals surface area contributed by atoms with Crippen LogP contribution in [0.5, 0.6) is 0 Å². The lowest BCUT2D eigenvalue weighted by Gasteiger charge is -2.32. The third-order valence-corrected chi connectivity index (χ3v) is 3.60. The number of hydrogen-bond acceptors (Lipinski definition) is 2. The third kappa shape index (κ3) is 2.59. The van der Waals surface area contributed by atoms with E-state index in [0.717, 1.165) is 0 Å². The molecule has 0 aromatic heterocycles. The van der Waals surface area contributed by atoms with Gasteiger partial charge in [-0.25, -0.2) is 0 Å². The van der Waals surface area contributed by atoms with Crippen molar-refractivity contribution in [3.63, 3.8) is 0 Å². The van der Waals surface area contributed by atoms with E-state index in [1.165, 1.54) is 0 Å². The summed E-state index contributed by atoms with van der Waals surface area (Å²) in [6.07, 6.45) is -5.19. The Morgan fingerprint density at radius 2 is 1.70 bits per heavy atom. The lowest BCUT2D eigenvalue weighted by atomic mass is 9.78. The molecule has 110 valence electrons. The van der Waals surface area contributed by atoms with Crippen LogP contribution in [0.25, 0.3) is 0 Å². The first kappa shape index (κ1) is 9.10. The molecule has 0 saturated carbocycles. The second kappa shape index (κ2) is 4.50. The van der Waals surface area contributed by atoms with Crippen molar-refractivity contribution < 1.29 is 30.7 Å². The topological polar surface area (TPSA) is 18.5 Å². The van der Waals surface area contributed by atoms with E-state index in [0.29, 0.717) is 0 Å². The number of hydrogen-bond donors (Lipinski definition) is 0. The molecule has 0 N–H and O–H groups in total. The lowest BCUT2D eigenvalue weighted by molar-refractivity contribution is -0.138. The molecular formula is C14H18BF3O2. The number of rotatable bonds is 1. The van der Waals surface area contributed by atoms with E-state index in [9.17, 15) is 13.2 Å². The van der Waals surface area contributed by atoms with Crippen LogP contribution >= 0.6 is 0 Å². The fourth-order valence-electron chi connectivity index (χ4n) is 1.71. The van der Waals surface area contributed by atoms with Gasteiger partial charge in [0.05, 0.1) is 20.9 Å². The summed E-state index contributed by atoms with van der Waals surface area (Å²) in [6.45, 7) is 3.35. The molecule has 1 fully saturated rings. The first-order chi connectivity index (χ1) is 11.4. The number of halogens is 3. The van der Waals surface area contributed by atoms with Gasteiger partial charge in [-0.1, -0.05) is 18.1 Å². The molecule has 0 amide bonds. The van der Waals surface area contributed by atoms with Crippen molar-refractivity contribution in [1.82, 2.24) is 0 Å². The quantitative estimate of drug-likeness (QED) is 0.739. The van der Waals surface area contributed by atoms with Gasteiger partial charge in [0.1, 0.15) is 0 Å². The maximum atomic E-state index is 13.4. The molecule has 1 heterocycles. The maximum absolute atomic E-state index is 13.4. The van der Waals surface area contributed by atoms with Gasteiger partial charge in [-0.2, -0.15) is 13.2 Å². The van der Waals surface area contributed by atoms with Crippen molar-refractivity contribution in [3.8, 4) is 0 Å². The monoisotopic (exact) mass is 292 g/mol. The highest BCUT2D eigenvalue weighted by molar-refractivity contribution is 6.62. The van der Waals surface area contributed by atoms with Crippen molar-refractivity contribution in [2.75, 3.05) is 0 Å². The fourth-order valence-corrected chi connectivity index (χ4v) is 1.71. The molecule has 1 aromatic carbocycles. The van der Waals surface area contributed by atoms with Crippen molar-refractivity contribution >= 4 is 12.6 Å². The zero-order valence-electron chi connectivity index (χ0n) is 17.5. The Kier molecular flexibility index (Phi) is 2.05. The third-order valence-electron chi connectivity index (χ3n) is 3.60.